The minimum Gasteiger partial charge on any atom is -0.310 e. The summed E-state index contributed by atoms with van der Waals surface area (Å²) >= 11 is 0. The second-order valence-corrected chi connectivity index (χ2v) is 6.87. The first-order chi connectivity index (χ1) is 12.4. The van der Waals surface area contributed by atoms with Crippen LogP contribution < -0.4 is 5.32 Å². The molecule has 0 radical (unpaired) electrons. The van der Waals surface area contributed by atoms with Gasteiger partial charge in [0.2, 0.25) is 5.91 Å². The molecule has 1 atom stereocenters. The lowest BCUT2D eigenvalue weighted by molar-refractivity contribution is -0.116. The molecule has 6 nitrogen and oxygen atoms in total. The van der Waals surface area contributed by atoms with Crippen LogP contribution in [0.1, 0.15) is 46.1 Å². The SMILES string of the molecule is Cc1cc(C)nc(-n2nc(C)c3c2NC(=O)CC3c2ccccc2C)n1. The predicted octanol–water partition coefficient (Wildman–Crippen LogP) is 3.37. The van der Waals surface area contributed by atoms with Gasteiger partial charge in [0.15, 0.2) is 0 Å². The summed E-state index contributed by atoms with van der Waals surface area (Å²) in [5, 5.41) is 7.65. The molecule has 1 amide bonds. The van der Waals surface area contributed by atoms with E-state index in [2.05, 4.69) is 39.4 Å². The van der Waals surface area contributed by atoms with E-state index in [0.717, 1.165) is 28.2 Å². The number of carbonyl (C=O) groups is 1. The molecule has 1 unspecified atom stereocenters. The maximum Gasteiger partial charge on any atom is 0.252 e. The van der Waals surface area contributed by atoms with E-state index in [1.807, 2.05) is 39.0 Å². The van der Waals surface area contributed by atoms with Crippen molar-refractivity contribution in [2.75, 3.05) is 5.32 Å². The summed E-state index contributed by atoms with van der Waals surface area (Å²) in [5.74, 6) is 1.13. The fourth-order valence-corrected chi connectivity index (χ4v) is 3.74. The van der Waals surface area contributed by atoms with Crippen LogP contribution >= 0.6 is 0 Å². The number of hydrogen-bond donors (Lipinski definition) is 1. The van der Waals surface area contributed by atoms with Crippen molar-refractivity contribution in [1.29, 1.82) is 0 Å². The molecule has 4 rings (SSSR count). The highest BCUT2D eigenvalue weighted by molar-refractivity contribution is 5.95. The van der Waals surface area contributed by atoms with Crippen molar-refractivity contribution in [1.82, 2.24) is 19.7 Å². The molecule has 0 spiro atoms. The molecular weight excluding hydrogens is 326 g/mol. The van der Waals surface area contributed by atoms with E-state index < -0.39 is 0 Å². The van der Waals surface area contributed by atoms with Crippen molar-refractivity contribution in [2.24, 2.45) is 0 Å². The van der Waals surface area contributed by atoms with E-state index in [0.29, 0.717) is 18.2 Å². The van der Waals surface area contributed by atoms with Crippen LogP contribution in [0.5, 0.6) is 0 Å². The van der Waals surface area contributed by atoms with E-state index in [-0.39, 0.29) is 11.8 Å². The van der Waals surface area contributed by atoms with Gasteiger partial charge in [-0.3, -0.25) is 4.79 Å². The molecule has 1 aromatic carbocycles. The van der Waals surface area contributed by atoms with Gasteiger partial charge in [0, 0.05) is 29.3 Å². The Balaban J connectivity index is 1.92. The zero-order chi connectivity index (χ0) is 18.4. The molecule has 26 heavy (non-hydrogen) atoms. The van der Waals surface area contributed by atoms with Gasteiger partial charge in [-0.25, -0.2) is 9.97 Å². The van der Waals surface area contributed by atoms with Crippen LogP contribution in [0.2, 0.25) is 0 Å². The van der Waals surface area contributed by atoms with Gasteiger partial charge in [-0.15, -0.1) is 0 Å². The van der Waals surface area contributed by atoms with Crippen molar-refractivity contribution >= 4 is 11.7 Å². The molecule has 0 saturated carbocycles. The monoisotopic (exact) mass is 347 g/mol. The molecule has 0 saturated heterocycles. The average Bonchev–Trinajstić information content (AvgIpc) is 2.90. The van der Waals surface area contributed by atoms with Crippen molar-refractivity contribution in [3.8, 4) is 5.95 Å². The molecule has 0 bridgehead atoms. The van der Waals surface area contributed by atoms with E-state index >= 15 is 0 Å². The normalized spacial score (nSPS) is 16.3. The van der Waals surface area contributed by atoms with Gasteiger partial charge < -0.3 is 5.32 Å². The summed E-state index contributed by atoms with van der Waals surface area (Å²) in [6.07, 6.45) is 0.415. The maximum atomic E-state index is 12.5. The molecule has 1 aliphatic heterocycles. The Morgan fingerprint density at radius 3 is 2.46 bits per heavy atom. The number of rotatable bonds is 2. The minimum atomic E-state index is -0.0173. The van der Waals surface area contributed by atoms with Crippen LogP contribution in [0.4, 0.5) is 5.82 Å². The van der Waals surface area contributed by atoms with Crippen LogP contribution in [0, 0.1) is 27.7 Å². The Morgan fingerprint density at radius 1 is 1.08 bits per heavy atom. The van der Waals surface area contributed by atoms with Gasteiger partial charge >= 0.3 is 0 Å². The van der Waals surface area contributed by atoms with Crippen molar-refractivity contribution in [3.05, 3.63) is 64.1 Å². The summed E-state index contributed by atoms with van der Waals surface area (Å²) in [7, 11) is 0. The molecule has 3 aromatic rings. The van der Waals surface area contributed by atoms with E-state index in [1.54, 1.807) is 4.68 Å². The van der Waals surface area contributed by atoms with Crippen LogP contribution in [0.3, 0.4) is 0 Å². The van der Waals surface area contributed by atoms with Crippen LogP contribution in [0.25, 0.3) is 5.95 Å². The van der Waals surface area contributed by atoms with Gasteiger partial charge in [0.1, 0.15) is 5.82 Å². The number of nitrogens with one attached hydrogen (secondary N) is 1. The lowest BCUT2D eigenvalue weighted by Crippen LogP contribution is -2.25. The smallest absolute Gasteiger partial charge is 0.252 e. The Hall–Kier alpha value is -3.02. The zero-order valence-electron chi connectivity index (χ0n) is 15.4. The number of fused-ring (bicyclic) bond motifs is 1. The fourth-order valence-electron chi connectivity index (χ4n) is 3.74. The lowest BCUT2D eigenvalue weighted by atomic mass is 9.84. The second kappa shape index (κ2) is 6.05. The standard InChI is InChI=1S/C20H21N5O/c1-11-7-5-6-8-15(11)16-10-17(26)23-19-18(16)14(4)24-25(19)20-21-12(2)9-13(3)22-20/h5-9,16H,10H2,1-4H3,(H,23,26). The number of anilines is 1. The average molecular weight is 347 g/mol. The summed E-state index contributed by atoms with van der Waals surface area (Å²) in [5.41, 5.74) is 6.00. The highest BCUT2D eigenvalue weighted by Gasteiger charge is 2.33. The quantitative estimate of drug-likeness (QED) is 0.771. The third-order valence-electron chi connectivity index (χ3n) is 4.83. The first-order valence-electron chi connectivity index (χ1n) is 8.71. The summed E-state index contributed by atoms with van der Waals surface area (Å²) in [6, 6.07) is 10.1. The number of aromatic nitrogens is 4. The number of aryl methyl sites for hydroxylation is 4. The van der Waals surface area contributed by atoms with Gasteiger partial charge in [0.05, 0.1) is 5.69 Å². The molecule has 0 fully saturated rings. The second-order valence-electron chi connectivity index (χ2n) is 6.87. The number of amides is 1. The summed E-state index contributed by atoms with van der Waals surface area (Å²) in [4.78, 5) is 21.5. The number of nitrogens with zero attached hydrogens (tertiary/aromatic N) is 4. The number of hydrogen-bond acceptors (Lipinski definition) is 4. The zero-order valence-corrected chi connectivity index (χ0v) is 15.4. The third kappa shape index (κ3) is 2.67. The van der Waals surface area contributed by atoms with Crippen molar-refractivity contribution < 1.29 is 4.79 Å². The summed E-state index contributed by atoms with van der Waals surface area (Å²) in [6.45, 7) is 7.90. The lowest BCUT2D eigenvalue weighted by Gasteiger charge is -2.25. The molecule has 1 aliphatic rings. The largest absolute Gasteiger partial charge is 0.310 e. The van der Waals surface area contributed by atoms with Crippen molar-refractivity contribution in [2.45, 2.75) is 40.0 Å². The van der Waals surface area contributed by atoms with Crippen LogP contribution in [0.15, 0.2) is 30.3 Å². The summed E-state index contributed by atoms with van der Waals surface area (Å²) < 4.78 is 1.66. The highest BCUT2D eigenvalue weighted by atomic mass is 16.1. The van der Waals surface area contributed by atoms with E-state index in [1.165, 1.54) is 5.56 Å². The molecule has 1 N–H and O–H groups in total. The molecule has 6 heteroatoms. The Bertz CT molecular complexity index is 1000. The van der Waals surface area contributed by atoms with Crippen LogP contribution in [-0.2, 0) is 4.79 Å². The first-order valence-corrected chi connectivity index (χ1v) is 8.71. The Labute approximate surface area is 152 Å². The Kier molecular flexibility index (Phi) is 3.83. The van der Waals surface area contributed by atoms with Gasteiger partial charge in [-0.1, -0.05) is 24.3 Å². The van der Waals surface area contributed by atoms with Crippen molar-refractivity contribution in [3.63, 3.8) is 0 Å². The fraction of sp³-hybridized carbons (Fsp3) is 0.300. The minimum absolute atomic E-state index is 0.0143. The number of carbonyl (C=O) groups excluding carboxylic acids is 1. The molecule has 0 aliphatic carbocycles. The first kappa shape index (κ1) is 16.4. The van der Waals surface area contributed by atoms with E-state index in [9.17, 15) is 4.79 Å². The predicted molar refractivity (Wildman–Crippen MR) is 99.6 cm³/mol. The Morgan fingerprint density at radius 2 is 1.77 bits per heavy atom. The maximum absolute atomic E-state index is 12.5. The molecule has 3 heterocycles. The third-order valence-corrected chi connectivity index (χ3v) is 4.83. The highest BCUT2D eigenvalue weighted by Crippen LogP contribution is 2.40. The van der Waals surface area contributed by atoms with Gasteiger partial charge in [0.25, 0.3) is 5.95 Å². The van der Waals surface area contributed by atoms with Gasteiger partial charge in [-0.05, 0) is 44.9 Å². The van der Waals surface area contributed by atoms with Gasteiger partial charge in [-0.2, -0.15) is 9.78 Å². The topological polar surface area (TPSA) is 72.7 Å². The van der Waals surface area contributed by atoms with Crippen LogP contribution in [-0.4, -0.2) is 25.7 Å². The molecule has 132 valence electrons. The number of benzene rings is 1. The molecular formula is C20H21N5O. The van der Waals surface area contributed by atoms with E-state index in [4.69, 9.17) is 0 Å². The molecule has 2 aromatic heterocycles.